The van der Waals surface area contributed by atoms with Crippen LogP contribution in [0.25, 0.3) is 0 Å². The molecule has 1 aromatic heterocycles. The fraction of sp³-hybridized carbons (Fsp3) is 0.312. The van der Waals surface area contributed by atoms with E-state index in [9.17, 15) is 4.79 Å². The molecule has 0 spiro atoms. The number of piperidine rings is 1. The van der Waals surface area contributed by atoms with Gasteiger partial charge in [0, 0.05) is 29.9 Å². The average molecular weight is 333 g/mol. The number of hydrogen-bond acceptors (Lipinski definition) is 5. The van der Waals surface area contributed by atoms with Gasteiger partial charge in [-0.1, -0.05) is 17.7 Å². The highest BCUT2D eigenvalue weighted by Crippen LogP contribution is 2.24. The maximum Gasteiger partial charge on any atom is 0.306 e. The third-order valence-corrected chi connectivity index (χ3v) is 4.15. The van der Waals surface area contributed by atoms with E-state index in [2.05, 4.69) is 20.2 Å². The zero-order chi connectivity index (χ0) is 16.2. The van der Waals surface area contributed by atoms with E-state index in [1.54, 1.807) is 0 Å². The molecule has 1 aliphatic heterocycles. The van der Waals surface area contributed by atoms with Crippen LogP contribution in [0.5, 0.6) is 0 Å². The summed E-state index contributed by atoms with van der Waals surface area (Å²) in [5, 5.41) is 12.9. The fourth-order valence-corrected chi connectivity index (χ4v) is 2.85. The maximum absolute atomic E-state index is 11.0. The van der Waals surface area contributed by atoms with Gasteiger partial charge in [0.1, 0.15) is 18.0 Å². The summed E-state index contributed by atoms with van der Waals surface area (Å²) in [5.41, 5.74) is 0.853. The highest BCUT2D eigenvalue weighted by atomic mass is 35.5. The lowest BCUT2D eigenvalue weighted by Gasteiger charge is -2.31. The molecule has 2 aromatic rings. The number of hydrogen-bond donors (Lipinski definition) is 2. The second kappa shape index (κ2) is 6.83. The van der Waals surface area contributed by atoms with Crippen LogP contribution in [0.4, 0.5) is 17.3 Å². The van der Waals surface area contributed by atoms with Gasteiger partial charge >= 0.3 is 5.97 Å². The van der Waals surface area contributed by atoms with Crippen LogP contribution in [0.3, 0.4) is 0 Å². The van der Waals surface area contributed by atoms with Gasteiger partial charge in [0.25, 0.3) is 0 Å². The van der Waals surface area contributed by atoms with Gasteiger partial charge in [-0.05, 0) is 31.0 Å². The highest BCUT2D eigenvalue weighted by molar-refractivity contribution is 6.30. The van der Waals surface area contributed by atoms with Gasteiger partial charge < -0.3 is 15.3 Å². The molecular formula is C16H17ClN4O2. The molecule has 1 aromatic carbocycles. The van der Waals surface area contributed by atoms with Crippen molar-refractivity contribution >= 4 is 34.9 Å². The molecule has 0 saturated carbocycles. The Balaban J connectivity index is 1.69. The average Bonchev–Trinajstić information content (AvgIpc) is 2.55. The summed E-state index contributed by atoms with van der Waals surface area (Å²) in [7, 11) is 0. The number of anilines is 3. The standard InChI is InChI=1S/C16H17ClN4O2/c17-12-2-1-3-13(8-12)20-14-9-15(19-10-18-14)21-6-4-11(5-7-21)16(22)23/h1-3,8-11H,4-7H2,(H,22,23)(H,18,19,20). The molecule has 0 bridgehead atoms. The molecule has 0 atom stereocenters. The summed E-state index contributed by atoms with van der Waals surface area (Å²) < 4.78 is 0. The molecular weight excluding hydrogens is 316 g/mol. The van der Waals surface area contributed by atoms with E-state index >= 15 is 0 Å². The highest BCUT2D eigenvalue weighted by Gasteiger charge is 2.25. The summed E-state index contributed by atoms with van der Waals surface area (Å²) in [4.78, 5) is 21.6. The van der Waals surface area contributed by atoms with Crippen LogP contribution in [0.2, 0.25) is 5.02 Å². The van der Waals surface area contributed by atoms with Crippen molar-refractivity contribution in [3.05, 3.63) is 41.7 Å². The number of aliphatic carboxylic acids is 1. The lowest BCUT2D eigenvalue weighted by molar-refractivity contribution is -0.142. The third-order valence-electron chi connectivity index (χ3n) is 3.92. The molecule has 0 amide bonds. The van der Waals surface area contributed by atoms with E-state index in [-0.39, 0.29) is 5.92 Å². The van der Waals surface area contributed by atoms with Crippen LogP contribution < -0.4 is 10.2 Å². The first-order chi connectivity index (χ1) is 11.1. The number of aromatic nitrogens is 2. The second-order valence-corrected chi connectivity index (χ2v) is 5.93. The Labute approximate surface area is 139 Å². The fourth-order valence-electron chi connectivity index (χ4n) is 2.66. The van der Waals surface area contributed by atoms with Gasteiger partial charge in [-0.25, -0.2) is 9.97 Å². The summed E-state index contributed by atoms with van der Waals surface area (Å²) in [6, 6.07) is 9.27. The predicted octanol–water partition coefficient (Wildman–Crippen LogP) is 3.17. The van der Waals surface area contributed by atoms with E-state index in [0.717, 1.165) is 11.5 Å². The van der Waals surface area contributed by atoms with Crippen molar-refractivity contribution in [1.29, 1.82) is 0 Å². The lowest BCUT2D eigenvalue weighted by atomic mass is 9.97. The number of carbonyl (C=O) groups is 1. The van der Waals surface area contributed by atoms with Crippen molar-refractivity contribution in [3.8, 4) is 0 Å². The molecule has 0 aliphatic carbocycles. The first-order valence-electron chi connectivity index (χ1n) is 7.44. The van der Waals surface area contributed by atoms with Crippen molar-refractivity contribution in [2.75, 3.05) is 23.3 Å². The zero-order valence-corrected chi connectivity index (χ0v) is 13.2. The number of rotatable bonds is 4. The van der Waals surface area contributed by atoms with E-state index in [0.29, 0.717) is 36.8 Å². The summed E-state index contributed by atoms with van der Waals surface area (Å²) in [6.07, 6.45) is 2.78. The van der Waals surface area contributed by atoms with Gasteiger partial charge in [-0.3, -0.25) is 4.79 Å². The smallest absolute Gasteiger partial charge is 0.306 e. The van der Waals surface area contributed by atoms with Crippen molar-refractivity contribution < 1.29 is 9.90 Å². The quantitative estimate of drug-likeness (QED) is 0.895. The molecule has 2 N–H and O–H groups in total. The Morgan fingerprint density at radius 3 is 2.74 bits per heavy atom. The Morgan fingerprint density at radius 2 is 2.04 bits per heavy atom. The molecule has 0 radical (unpaired) electrons. The van der Waals surface area contributed by atoms with E-state index < -0.39 is 5.97 Å². The molecule has 23 heavy (non-hydrogen) atoms. The largest absolute Gasteiger partial charge is 0.481 e. The minimum absolute atomic E-state index is 0.253. The van der Waals surface area contributed by atoms with E-state index in [1.807, 2.05) is 30.3 Å². The van der Waals surface area contributed by atoms with Crippen molar-refractivity contribution in [2.24, 2.45) is 5.92 Å². The minimum atomic E-state index is -0.712. The number of nitrogens with one attached hydrogen (secondary N) is 1. The van der Waals surface area contributed by atoms with E-state index in [4.69, 9.17) is 16.7 Å². The van der Waals surface area contributed by atoms with Crippen molar-refractivity contribution in [2.45, 2.75) is 12.8 Å². The maximum atomic E-state index is 11.0. The molecule has 2 heterocycles. The third kappa shape index (κ3) is 3.90. The van der Waals surface area contributed by atoms with Crippen LogP contribution in [0.1, 0.15) is 12.8 Å². The molecule has 1 saturated heterocycles. The molecule has 7 heteroatoms. The number of nitrogens with zero attached hydrogens (tertiary/aromatic N) is 3. The summed E-state index contributed by atoms with van der Waals surface area (Å²) in [6.45, 7) is 1.37. The van der Waals surface area contributed by atoms with Gasteiger partial charge in [0.2, 0.25) is 0 Å². The van der Waals surface area contributed by atoms with Crippen LogP contribution in [0, 0.1) is 5.92 Å². The van der Waals surface area contributed by atoms with Crippen LogP contribution >= 0.6 is 11.6 Å². The van der Waals surface area contributed by atoms with Gasteiger partial charge in [-0.2, -0.15) is 0 Å². The summed E-state index contributed by atoms with van der Waals surface area (Å²) in [5.74, 6) is 0.513. The number of carboxylic acids is 1. The topological polar surface area (TPSA) is 78.4 Å². The van der Waals surface area contributed by atoms with Crippen LogP contribution in [0.15, 0.2) is 36.7 Å². The first-order valence-corrected chi connectivity index (χ1v) is 7.82. The van der Waals surface area contributed by atoms with Crippen molar-refractivity contribution in [3.63, 3.8) is 0 Å². The number of carboxylic acid groups (broad SMARTS) is 1. The Bertz CT molecular complexity index is 702. The van der Waals surface area contributed by atoms with Gasteiger partial charge in [0.15, 0.2) is 0 Å². The SMILES string of the molecule is O=C(O)C1CCN(c2cc(Nc3cccc(Cl)c3)ncn2)CC1. The minimum Gasteiger partial charge on any atom is -0.481 e. The monoisotopic (exact) mass is 332 g/mol. The molecule has 1 aliphatic rings. The van der Waals surface area contributed by atoms with Crippen LogP contribution in [-0.2, 0) is 4.79 Å². The number of halogens is 1. The first kappa shape index (κ1) is 15.6. The second-order valence-electron chi connectivity index (χ2n) is 5.50. The molecule has 0 unspecified atom stereocenters. The molecule has 6 nitrogen and oxygen atoms in total. The van der Waals surface area contributed by atoms with Gasteiger partial charge in [-0.15, -0.1) is 0 Å². The van der Waals surface area contributed by atoms with Gasteiger partial charge in [0.05, 0.1) is 5.92 Å². The normalized spacial score (nSPS) is 15.4. The molecule has 3 rings (SSSR count). The molecule has 1 fully saturated rings. The van der Waals surface area contributed by atoms with Crippen LogP contribution in [-0.4, -0.2) is 34.1 Å². The zero-order valence-electron chi connectivity index (χ0n) is 12.4. The predicted molar refractivity (Wildman–Crippen MR) is 89.3 cm³/mol. The summed E-state index contributed by atoms with van der Waals surface area (Å²) >= 11 is 5.97. The number of benzene rings is 1. The Morgan fingerprint density at radius 1 is 1.26 bits per heavy atom. The Kier molecular flexibility index (Phi) is 4.62. The van der Waals surface area contributed by atoms with Crippen molar-refractivity contribution in [1.82, 2.24) is 9.97 Å². The lowest BCUT2D eigenvalue weighted by Crippen LogP contribution is -2.36. The van der Waals surface area contributed by atoms with E-state index in [1.165, 1.54) is 6.33 Å². The Hall–Kier alpha value is -2.34. The molecule has 120 valence electrons.